The molecular formula is C17H23N5. The van der Waals surface area contributed by atoms with E-state index >= 15 is 0 Å². The van der Waals surface area contributed by atoms with Crippen LogP contribution in [0.4, 0.5) is 11.8 Å². The van der Waals surface area contributed by atoms with E-state index < -0.39 is 0 Å². The lowest BCUT2D eigenvalue weighted by atomic mass is 10.1. The lowest BCUT2D eigenvalue weighted by Gasteiger charge is -2.19. The summed E-state index contributed by atoms with van der Waals surface area (Å²) in [6, 6.07) is 8.51. The Labute approximate surface area is 131 Å². The normalized spacial score (nSPS) is 15.4. The Morgan fingerprint density at radius 1 is 1.05 bits per heavy atom. The number of nitrogens with zero attached hydrogens (tertiary/aromatic N) is 4. The largest absolute Gasteiger partial charge is 0.365 e. The van der Waals surface area contributed by atoms with Gasteiger partial charge < -0.3 is 10.2 Å². The van der Waals surface area contributed by atoms with Crippen molar-refractivity contribution in [3.05, 3.63) is 41.6 Å². The fourth-order valence-corrected chi connectivity index (χ4v) is 2.68. The summed E-state index contributed by atoms with van der Waals surface area (Å²) in [6.45, 7) is 4.91. The van der Waals surface area contributed by atoms with Crippen LogP contribution in [-0.2, 0) is 6.54 Å². The molecule has 3 rings (SSSR count). The maximum absolute atomic E-state index is 4.61. The first-order chi connectivity index (χ1) is 10.8. The molecule has 1 aromatic heterocycles. The number of rotatable bonds is 4. The van der Waals surface area contributed by atoms with Gasteiger partial charge in [0.15, 0.2) is 5.82 Å². The van der Waals surface area contributed by atoms with Crippen molar-refractivity contribution in [3.63, 3.8) is 0 Å². The molecule has 5 nitrogen and oxygen atoms in total. The van der Waals surface area contributed by atoms with Crippen molar-refractivity contribution in [2.24, 2.45) is 0 Å². The van der Waals surface area contributed by atoms with Crippen molar-refractivity contribution >= 4 is 11.8 Å². The lowest BCUT2D eigenvalue weighted by Crippen LogP contribution is -2.26. The Morgan fingerprint density at radius 3 is 2.50 bits per heavy atom. The molecule has 0 bridgehead atoms. The Balaban J connectivity index is 1.64. The fourth-order valence-electron chi connectivity index (χ4n) is 2.68. The molecule has 0 unspecified atom stereocenters. The van der Waals surface area contributed by atoms with Gasteiger partial charge in [-0.1, -0.05) is 42.7 Å². The first kappa shape index (κ1) is 14.8. The van der Waals surface area contributed by atoms with E-state index in [0.717, 1.165) is 31.4 Å². The maximum Gasteiger partial charge on any atom is 0.247 e. The number of aromatic nitrogens is 3. The molecule has 116 valence electrons. The molecule has 1 N–H and O–H groups in total. The number of anilines is 2. The predicted octanol–water partition coefficient (Wildman–Crippen LogP) is 3.17. The highest BCUT2D eigenvalue weighted by Crippen LogP contribution is 2.16. The van der Waals surface area contributed by atoms with Gasteiger partial charge in [-0.25, -0.2) is 0 Å². The van der Waals surface area contributed by atoms with Crippen LogP contribution < -0.4 is 10.2 Å². The summed E-state index contributed by atoms with van der Waals surface area (Å²) < 4.78 is 0. The van der Waals surface area contributed by atoms with Gasteiger partial charge in [-0.15, -0.1) is 5.10 Å². The Bertz CT molecular complexity index is 588. The van der Waals surface area contributed by atoms with Crippen molar-refractivity contribution in [1.82, 2.24) is 15.2 Å². The monoisotopic (exact) mass is 297 g/mol. The Kier molecular flexibility index (Phi) is 4.83. The second-order valence-electron chi connectivity index (χ2n) is 5.88. The molecule has 1 saturated heterocycles. The third-order valence-electron chi connectivity index (χ3n) is 4.03. The van der Waals surface area contributed by atoms with Gasteiger partial charge in [0.1, 0.15) is 0 Å². The van der Waals surface area contributed by atoms with Crippen molar-refractivity contribution in [3.8, 4) is 0 Å². The summed E-state index contributed by atoms with van der Waals surface area (Å²) in [5, 5.41) is 11.6. The quantitative estimate of drug-likeness (QED) is 0.939. The summed E-state index contributed by atoms with van der Waals surface area (Å²) >= 11 is 0. The minimum atomic E-state index is 0.746. The molecule has 1 aromatic carbocycles. The molecule has 5 heteroatoms. The van der Waals surface area contributed by atoms with Gasteiger partial charge in [0.05, 0.1) is 6.20 Å². The van der Waals surface area contributed by atoms with E-state index in [0.29, 0.717) is 0 Å². The van der Waals surface area contributed by atoms with Crippen LogP contribution in [0.15, 0.2) is 30.5 Å². The molecule has 0 atom stereocenters. The van der Waals surface area contributed by atoms with Gasteiger partial charge in [0, 0.05) is 19.6 Å². The number of hydrogen-bond acceptors (Lipinski definition) is 5. The van der Waals surface area contributed by atoms with Crippen molar-refractivity contribution < 1.29 is 0 Å². The van der Waals surface area contributed by atoms with Gasteiger partial charge in [-0.3, -0.25) is 0 Å². The average Bonchev–Trinajstić information content (AvgIpc) is 2.84. The zero-order valence-corrected chi connectivity index (χ0v) is 13.1. The number of benzene rings is 1. The van der Waals surface area contributed by atoms with E-state index in [4.69, 9.17) is 0 Å². The molecule has 0 aliphatic carbocycles. The summed E-state index contributed by atoms with van der Waals surface area (Å²) in [7, 11) is 0. The zero-order chi connectivity index (χ0) is 15.2. The van der Waals surface area contributed by atoms with Crippen LogP contribution in [0.1, 0.15) is 36.8 Å². The van der Waals surface area contributed by atoms with Crippen LogP contribution in [0.2, 0.25) is 0 Å². The van der Waals surface area contributed by atoms with Crippen molar-refractivity contribution in [2.45, 2.75) is 39.2 Å². The molecule has 2 heterocycles. The zero-order valence-electron chi connectivity index (χ0n) is 13.1. The van der Waals surface area contributed by atoms with Gasteiger partial charge in [-0.05, 0) is 25.3 Å². The highest BCUT2D eigenvalue weighted by molar-refractivity contribution is 5.39. The van der Waals surface area contributed by atoms with E-state index in [2.05, 4.69) is 56.6 Å². The maximum atomic E-state index is 4.61. The van der Waals surface area contributed by atoms with E-state index in [-0.39, 0.29) is 0 Å². The van der Waals surface area contributed by atoms with Crippen molar-refractivity contribution in [1.29, 1.82) is 0 Å². The van der Waals surface area contributed by atoms with E-state index in [1.807, 2.05) is 0 Å². The minimum absolute atomic E-state index is 0.746. The van der Waals surface area contributed by atoms with Crippen LogP contribution in [0.25, 0.3) is 0 Å². The molecule has 1 fully saturated rings. The average molecular weight is 297 g/mol. The van der Waals surface area contributed by atoms with Gasteiger partial charge in [0.2, 0.25) is 5.95 Å². The van der Waals surface area contributed by atoms with Crippen LogP contribution in [-0.4, -0.2) is 28.3 Å². The van der Waals surface area contributed by atoms with Crippen LogP contribution in [0.5, 0.6) is 0 Å². The minimum Gasteiger partial charge on any atom is -0.365 e. The smallest absolute Gasteiger partial charge is 0.247 e. The third kappa shape index (κ3) is 3.93. The molecule has 0 spiro atoms. The topological polar surface area (TPSA) is 53.9 Å². The third-order valence-corrected chi connectivity index (χ3v) is 4.03. The second-order valence-corrected chi connectivity index (χ2v) is 5.88. The van der Waals surface area contributed by atoms with E-state index in [1.165, 1.54) is 36.8 Å². The molecule has 1 aliphatic rings. The second kappa shape index (κ2) is 7.20. The summed E-state index contributed by atoms with van der Waals surface area (Å²) in [5.74, 6) is 1.53. The molecule has 0 saturated carbocycles. The summed E-state index contributed by atoms with van der Waals surface area (Å²) in [4.78, 5) is 6.86. The van der Waals surface area contributed by atoms with Gasteiger partial charge in [0.25, 0.3) is 0 Å². The lowest BCUT2D eigenvalue weighted by molar-refractivity contribution is 0.726. The molecule has 0 radical (unpaired) electrons. The van der Waals surface area contributed by atoms with E-state index in [9.17, 15) is 0 Å². The predicted molar refractivity (Wildman–Crippen MR) is 89.0 cm³/mol. The highest BCUT2D eigenvalue weighted by Gasteiger charge is 2.13. The summed E-state index contributed by atoms with van der Waals surface area (Å²) in [6.07, 6.45) is 6.72. The Morgan fingerprint density at radius 2 is 1.77 bits per heavy atom. The van der Waals surface area contributed by atoms with Crippen LogP contribution >= 0.6 is 0 Å². The number of aryl methyl sites for hydroxylation is 1. The van der Waals surface area contributed by atoms with Gasteiger partial charge in [-0.2, -0.15) is 10.1 Å². The van der Waals surface area contributed by atoms with Gasteiger partial charge >= 0.3 is 0 Å². The first-order valence-electron chi connectivity index (χ1n) is 8.05. The van der Waals surface area contributed by atoms with Crippen molar-refractivity contribution in [2.75, 3.05) is 23.3 Å². The number of hydrogen-bond donors (Lipinski definition) is 1. The fraction of sp³-hybridized carbons (Fsp3) is 0.471. The Hall–Kier alpha value is -2.17. The molecule has 22 heavy (non-hydrogen) atoms. The standard InChI is InChI=1S/C17H23N5/c1-14-6-8-15(9-7-14)12-18-16-13-19-21-17(20-16)22-10-4-2-3-5-11-22/h6-9,13H,2-5,10-12H2,1H3,(H,18,20,21). The molecule has 0 amide bonds. The molecule has 2 aromatic rings. The van der Waals surface area contributed by atoms with Crippen LogP contribution in [0.3, 0.4) is 0 Å². The van der Waals surface area contributed by atoms with E-state index in [1.54, 1.807) is 6.20 Å². The highest BCUT2D eigenvalue weighted by atomic mass is 15.3. The SMILES string of the molecule is Cc1ccc(CNc2cnnc(N3CCCCCC3)n2)cc1. The molecule has 1 aliphatic heterocycles. The molecular weight excluding hydrogens is 274 g/mol. The van der Waals surface area contributed by atoms with Crippen LogP contribution in [0, 0.1) is 6.92 Å². The first-order valence-corrected chi connectivity index (χ1v) is 8.05. The summed E-state index contributed by atoms with van der Waals surface area (Å²) in [5.41, 5.74) is 2.51. The number of nitrogens with one attached hydrogen (secondary N) is 1.